The Balaban J connectivity index is 1.93. The molecule has 1 aromatic rings. The quantitative estimate of drug-likeness (QED) is 0.404. The van der Waals surface area contributed by atoms with Crippen molar-refractivity contribution in [2.75, 3.05) is 14.1 Å². The zero-order valence-electron chi connectivity index (χ0n) is 19.5. The van der Waals surface area contributed by atoms with Crippen LogP contribution in [0.15, 0.2) is 34.8 Å². The Morgan fingerprint density at radius 3 is 2.47 bits per heavy atom. The fourth-order valence-electron chi connectivity index (χ4n) is 5.92. The summed E-state index contributed by atoms with van der Waals surface area (Å²) in [5.74, 6) is -6.33. The number of ketones is 2. The predicted molar refractivity (Wildman–Crippen MR) is 122 cm³/mol. The van der Waals surface area contributed by atoms with Gasteiger partial charge < -0.3 is 26.2 Å². The molecule has 3 aliphatic rings. The van der Waals surface area contributed by atoms with Crippen LogP contribution in [0.1, 0.15) is 47.7 Å². The zero-order chi connectivity index (χ0) is 25.1. The normalized spacial score (nSPS) is 28.7. The topological polar surface area (TPSA) is 161 Å². The standard InChI is InChI=1S/C25H30N2O7/c1-4-5-6-11-7-8-15(28)17-13(11)9-12-10-14-19(27(2)3)21(30)18(24(26)33)23(32)25(14,34)22(31)16(12)20(17)29/h7-8,12,14,19,28,30-31,34H,4-6,9-10H2,1-3H3,(H2,26,33)/t12-,14+,19+,25+/m1/s1. The van der Waals surface area contributed by atoms with Crippen molar-refractivity contribution in [2.24, 2.45) is 17.6 Å². The molecule has 1 amide bonds. The van der Waals surface area contributed by atoms with Crippen LogP contribution in [0.2, 0.25) is 0 Å². The van der Waals surface area contributed by atoms with Crippen LogP contribution in [0.25, 0.3) is 0 Å². The van der Waals surface area contributed by atoms with Crippen LogP contribution in [-0.4, -0.2) is 68.5 Å². The third kappa shape index (κ3) is 3.18. The van der Waals surface area contributed by atoms with Gasteiger partial charge in [-0.15, -0.1) is 0 Å². The Kier molecular flexibility index (Phi) is 5.81. The average Bonchev–Trinajstić information content (AvgIpc) is 2.75. The van der Waals surface area contributed by atoms with Crippen molar-refractivity contribution in [2.45, 2.75) is 50.7 Å². The Bertz CT molecular complexity index is 1170. The van der Waals surface area contributed by atoms with Crippen molar-refractivity contribution in [3.63, 3.8) is 0 Å². The van der Waals surface area contributed by atoms with E-state index >= 15 is 0 Å². The van der Waals surface area contributed by atoms with Crippen LogP contribution in [0.4, 0.5) is 0 Å². The number of Topliss-reactive ketones (excluding diaryl/α,β-unsaturated/α-hetero) is 2. The van der Waals surface area contributed by atoms with Gasteiger partial charge >= 0.3 is 0 Å². The van der Waals surface area contributed by atoms with Crippen molar-refractivity contribution < 1.29 is 34.8 Å². The first kappa shape index (κ1) is 24.0. The number of hydrogen-bond donors (Lipinski definition) is 5. The molecule has 1 aromatic carbocycles. The number of rotatable bonds is 5. The van der Waals surface area contributed by atoms with E-state index in [9.17, 15) is 34.8 Å². The lowest BCUT2D eigenvalue weighted by atomic mass is 9.58. The van der Waals surface area contributed by atoms with Gasteiger partial charge in [0.2, 0.25) is 5.78 Å². The molecular weight excluding hydrogens is 440 g/mol. The first-order valence-electron chi connectivity index (χ1n) is 11.4. The zero-order valence-corrected chi connectivity index (χ0v) is 19.5. The second kappa shape index (κ2) is 8.25. The first-order valence-corrected chi connectivity index (χ1v) is 11.4. The van der Waals surface area contributed by atoms with Crippen molar-refractivity contribution in [1.29, 1.82) is 0 Å². The van der Waals surface area contributed by atoms with Crippen molar-refractivity contribution in [3.05, 3.63) is 51.5 Å². The highest BCUT2D eigenvalue weighted by Crippen LogP contribution is 2.52. The number of unbranched alkanes of at least 4 members (excludes halogenated alkanes) is 1. The SMILES string of the molecule is CCCCc1ccc(O)c2c1C[C@@H]1C[C@H]3[C@H](N(C)C)C(O)=C(C(N)=O)C(=O)[C@@]3(O)C(O)=C1C2=O. The van der Waals surface area contributed by atoms with Crippen molar-refractivity contribution >= 4 is 17.5 Å². The minimum absolute atomic E-state index is 0.0642. The van der Waals surface area contributed by atoms with Crippen LogP contribution in [0, 0.1) is 11.8 Å². The maximum atomic E-state index is 13.6. The molecule has 0 radical (unpaired) electrons. The summed E-state index contributed by atoms with van der Waals surface area (Å²) in [5.41, 5.74) is 3.48. The van der Waals surface area contributed by atoms with E-state index in [1.54, 1.807) is 20.2 Å². The lowest BCUT2D eigenvalue weighted by Gasteiger charge is -2.50. The van der Waals surface area contributed by atoms with Gasteiger partial charge in [0.15, 0.2) is 11.4 Å². The number of carbonyl (C=O) groups excluding carboxylic acids is 3. The number of nitrogens with two attached hydrogens (primary N) is 1. The summed E-state index contributed by atoms with van der Waals surface area (Å²) in [6, 6.07) is 2.25. The smallest absolute Gasteiger partial charge is 0.255 e. The highest BCUT2D eigenvalue weighted by molar-refractivity contribution is 6.24. The second-order valence-electron chi connectivity index (χ2n) is 9.66. The van der Waals surface area contributed by atoms with Gasteiger partial charge in [0, 0.05) is 11.5 Å². The lowest BCUT2D eigenvalue weighted by Crippen LogP contribution is -2.63. The highest BCUT2D eigenvalue weighted by atomic mass is 16.3. The van der Waals surface area contributed by atoms with Crippen LogP contribution in [0.3, 0.4) is 0 Å². The molecule has 0 fully saturated rings. The Hall–Kier alpha value is -3.17. The van der Waals surface area contributed by atoms with E-state index in [1.807, 2.05) is 0 Å². The Morgan fingerprint density at radius 2 is 1.88 bits per heavy atom. The molecule has 34 heavy (non-hydrogen) atoms. The predicted octanol–water partition coefficient (Wildman–Crippen LogP) is 1.46. The van der Waals surface area contributed by atoms with Gasteiger partial charge in [-0.25, -0.2) is 0 Å². The minimum atomic E-state index is -2.61. The van der Waals surface area contributed by atoms with Crippen LogP contribution < -0.4 is 5.73 Å². The molecule has 182 valence electrons. The summed E-state index contributed by atoms with van der Waals surface area (Å²) in [6.07, 6.45) is 2.99. The molecule has 0 spiro atoms. The first-order chi connectivity index (χ1) is 16.0. The number of phenolic OH excluding ortho intramolecular Hbond substituents is 1. The maximum Gasteiger partial charge on any atom is 0.255 e. The molecule has 0 saturated carbocycles. The number of aromatic hydroxyl groups is 1. The summed E-state index contributed by atoms with van der Waals surface area (Å²) in [5, 5.41) is 44.1. The van der Waals surface area contributed by atoms with Crippen molar-refractivity contribution in [3.8, 4) is 5.75 Å². The summed E-state index contributed by atoms with van der Waals surface area (Å²) in [6.45, 7) is 2.06. The van der Waals surface area contributed by atoms with Gasteiger partial charge in [0.05, 0.1) is 11.6 Å². The monoisotopic (exact) mass is 470 g/mol. The average molecular weight is 471 g/mol. The third-order valence-corrected chi connectivity index (χ3v) is 7.50. The number of primary amides is 1. The number of phenols is 1. The number of hydrogen-bond acceptors (Lipinski definition) is 8. The summed E-state index contributed by atoms with van der Waals surface area (Å²) >= 11 is 0. The number of benzene rings is 1. The number of aliphatic hydroxyl groups is 3. The maximum absolute atomic E-state index is 13.6. The van der Waals surface area contributed by atoms with Crippen LogP contribution in [-0.2, 0) is 22.4 Å². The van der Waals surface area contributed by atoms with Gasteiger partial charge in [-0.05, 0) is 62.9 Å². The number of allylic oxidation sites excluding steroid dienone is 1. The lowest BCUT2D eigenvalue weighted by molar-refractivity contribution is -0.148. The minimum Gasteiger partial charge on any atom is -0.510 e. The van der Waals surface area contributed by atoms with Gasteiger partial charge in [-0.1, -0.05) is 19.4 Å². The van der Waals surface area contributed by atoms with E-state index in [4.69, 9.17) is 5.73 Å². The molecule has 9 heteroatoms. The van der Waals surface area contributed by atoms with Crippen LogP contribution in [0.5, 0.6) is 5.75 Å². The Morgan fingerprint density at radius 1 is 1.21 bits per heavy atom. The van der Waals surface area contributed by atoms with E-state index in [1.165, 1.54) is 11.0 Å². The molecule has 4 atom stereocenters. The summed E-state index contributed by atoms with van der Waals surface area (Å²) in [4.78, 5) is 40.3. The fourth-order valence-corrected chi connectivity index (χ4v) is 5.92. The molecule has 0 heterocycles. The molecule has 4 rings (SSSR count). The molecule has 0 saturated heterocycles. The number of aliphatic hydroxyl groups excluding tert-OH is 2. The molecule has 3 aliphatic carbocycles. The van der Waals surface area contributed by atoms with E-state index in [2.05, 4.69) is 6.92 Å². The largest absolute Gasteiger partial charge is 0.510 e. The molecule has 0 aromatic heterocycles. The van der Waals surface area contributed by atoms with E-state index < -0.39 is 58.0 Å². The molecule has 0 aliphatic heterocycles. The number of aryl methyl sites for hydroxylation is 1. The second-order valence-corrected chi connectivity index (χ2v) is 9.66. The summed E-state index contributed by atoms with van der Waals surface area (Å²) < 4.78 is 0. The number of carbonyl (C=O) groups is 3. The molecule has 0 bridgehead atoms. The highest BCUT2D eigenvalue weighted by Gasteiger charge is 2.63. The van der Waals surface area contributed by atoms with E-state index in [0.717, 1.165) is 24.8 Å². The number of nitrogens with zero attached hydrogens (tertiary/aromatic N) is 1. The summed E-state index contributed by atoms with van der Waals surface area (Å²) in [7, 11) is 3.21. The molecular formula is C25H30N2O7. The van der Waals surface area contributed by atoms with E-state index in [-0.39, 0.29) is 23.3 Å². The van der Waals surface area contributed by atoms with Crippen molar-refractivity contribution in [1.82, 2.24) is 4.90 Å². The van der Waals surface area contributed by atoms with Gasteiger partial charge in [-0.3, -0.25) is 19.3 Å². The molecule has 0 unspecified atom stereocenters. The number of amides is 1. The van der Waals surface area contributed by atoms with Gasteiger partial charge in [-0.2, -0.15) is 0 Å². The molecule has 9 nitrogen and oxygen atoms in total. The van der Waals surface area contributed by atoms with Gasteiger partial charge in [0.1, 0.15) is 22.8 Å². The molecule has 6 N–H and O–H groups in total. The Labute approximate surface area is 197 Å². The number of likely N-dealkylation sites (N-methyl/N-ethyl adjacent to an activating group) is 1. The number of fused-ring (bicyclic) bond motifs is 3. The fraction of sp³-hybridized carbons (Fsp3) is 0.480. The third-order valence-electron chi connectivity index (χ3n) is 7.50. The van der Waals surface area contributed by atoms with Crippen LogP contribution >= 0.6 is 0 Å². The van der Waals surface area contributed by atoms with Gasteiger partial charge in [0.25, 0.3) is 5.91 Å². The van der Waals surface area contributed by atoms with E-state index in [0.29, 0.717) is 12.0 Å².